The second-order valence-corrected chi connectivity index (χ2v) is 10.5. The number of imidazole rings is 1. The van der Waals surface area contributed by atoms with Crippen molar-refractivity contribution in [2.24, 2.45) is 11.7 Å². The molecule has 0 bridgehead atoms. The van der Waals surface area contributed by atoms with E-state index >= 15 is 0 Å². The second-order valence-electron chi connectivity index (χ2n) is 7.31. The van der Waals surface area contributed by atoms with E-state index in [2.05, 4.69) is 20.6 Å². The van der Waals surface area contributed by atoms with Crippen LogP contribution in [0.3, 0.4) is 0 Å². The van der Waals surface area contributed by atoms with Crippen LogP contribution in [0.4, 0.5) is 20.2 Å². The van der Waals surface area contributed by atoms with Gasteiger partial charge in [0.1, 0.15) is 22.9 Å². The first-order valence-electron chi connectivity index (χ1n) is 9.62. The highest BCUT2D eigenvalue weighted by Gasteiger charge is 2.41. The molecule has 13 heteroatoms. The number of carbonyl (C=O) groups excluding carboxylic acids is 1. The Hall–Kier alpha value is -2.78. The molecule has 5 N–H and O–H groups in total. The predicted molar refractivity (Wildman–Crippen MR) is 124 cm³/mol. The van der Waals surface area contributed by atoms with Crippen molar-refractivity contribution in [3.05, 3.63) is 63.6 Å². The molecule has 1 fully saturated rings. The lowest BCUT2D eigenvalue weighted by Crippen LogP contribution is -2.53. The average Bonchev–Trinajstić information content (AvgIpc) is 3.23. The molecule has 4 rings (SSSR count). The summed E-state index contributed by atoms with van der Waals surface area (Å²) in [5, 5.41) is 5.42. The topological polar surface area (TPSA) is 139 Å². The van der Waals surface area contributed by atoms with Gasteiger partial charge in [0.25, 0.3) is 5.91 Å². The molecule has 33 heavy (non-hydrogen) atoms. The average molecular weight is 589 g/mol. The number of aromatic nitrogens is 2. The van der Waals surface area contributed by atoms with Gasteiger partial charge < -0.3 is 26.1 Å². The molecule has 9 nitrogen and oxygen atoms in total. The Morgan fingerprint density at radius 2 is 2.00 bits per heavy atom. The first kappa shape index (κ1) is 23.4. The number of aromatic amines is 1. The molecule has 2 aromatic carbocycles. The summed E-state index contributed by atoms with van der Waals surface area (Å²) in [5.41, 5.74) is 3.57. The van der Waals surface area contributed by atoms with Crippen molar-refractivity contribution in [3.63, 3.8) is 0 Å². The molecule has 174 valence electrons. The van der Waals surface area contributed by atoms with Crippen LogP contribution in [0.2, 0.25) is 0 Å². The van der Waals surface area contributed by atoms with Gasteiger partial charge in [-0.15, -0.1) is 0 Å². The third kappa shape index (κ3) is 4.79. The summed E-state index contributed by atoms with van der Waals surface area (Å²) >= 11 is 1.93. The minimum absolute atomic E-state index is 0.0284. The maximum absolute atomic E-state index is 14.5. The molecule has 0 radical (unpaired) electrons. The van der Waals surface area contributed by atoms with Crippen molar-refractivity contribution in [2.75, 3.05) is 18.4 Å². The van der Waals surface area contributed by atoms with E-state index in [-0.39, 0.29) is 27.7 Å². The number of rotatable bonds is 8. The number of H-pyrrole nitrogens is 1. The number of nitrogens with one attached hydrogen (secondary N) is 3. The molecule has 1 aromatic heterocycles. The normalized spacial score (nSPS) is 15.0. The van der Waals surface area contributed by atoms with Crippen molar-refractivity contribution < 1.29 is 26.7 Å². The summed E-state index contributed by atoms with van der Waals surface area (Å²) in [4.78, 5) is 18.6. The third-order valence-corrected chi connectivity index (χ3v) is 7.64. The van der Waals surface area contributed by atoms with Crippen LogP contribution in [0, 0.1) is 21.1 Å². The fourth-order valence-corrected chi connectivity index (χ4v) is 5.39. The molecule has 1 aliphatic heterocycles. The summed E-state index contributed by atoms with van der Waals surface area (Å²) in [5.74, 6) is -3.34. The van der Waals surface area contributed by atoms with Crippen LogP contribution in [0.25, 0.3) is 0 Å². The summed E-state index contributed by atoms with van der Waals surface area (Å²) < 4.78 is 61.6. The Balaban J connectivity index is 1.77. The zero-order valence-corrected chi connectivity index (χ0v) is 19.8. The molecule has 1 atom stereocenters. The van der Waals surface area contributed by atoms with Crippen molar-refractivity contribution in [2.45, 2.75) is 10.5 Å². The Morgan fingerprint density at radius 3 is 2.58 bits per heavy atom. The van der Waals surface area contributed by atoms with Crippen LogP contribution in [-0.2, 0) is 9.84 Å². The lowest BCUT2D eigenvalue weighted by Gasteiger charge is -2.34. The highest BCUT2D eigenvalue weighted by Crippen LogP contribution is 2.35. The van der Waals surface area contributed by atoms with Gasteiger partial charge in [0.05, 0.1) is 23.9 Å². The highest BCUT2D eigenvalue weighted by atomic mass is 127. The number of sulfone groups is 1. The Labute approximate surface area is 201 Å². The summed E-state index contributed by atoms with van der Waals surface area (Å²) in [6.45, 7) is 0.663. The van der Waals surface area contributed by atoms with E-state index in [1.807, 2.05) is 22.6 Å². The zero-order valence-electron chi connectivity index (χ0n) is 16.8. The molecule has 2 heterocycles. The van der Waals surface area contributed by atoms with E-state index in [1.165, 1.54) is 18.5 Å². The molecule has 0 saturated carbocycles. The predicted octanol–water partition coefficient (Wildman–Crippen LogP) is 2.53. The van der Waals surface area contributed by atoms with E-state index in [9.17, 15) is 22.0 Å². The number of amides is 1. The van der Waals surface area contributed by atoms with Gasteiger partial charge in [-0.2, -0.15) is 0 Å². The number of hydrogen-bond acceptors (Lipinski definition) is 7. The number of halogens is 3. The van der Waals surface area contributed by atoms with Crippen molar-refractivity contribution in [1.82, 2.24) is 15.3 Å². The van der Waals surface area contributed by atoms with Crippen LogP contribution in [0.5, 0.6) is 5.75 Å². The van der Waals surface area contributed by atoms with Crippen molar-refractivity contribution in [3.8, 4) is 5.75 Å². The van der Waals surface area contributed by atoms with Crippen LogP contribution in [-0.4, -0.2) is 42.8 Å². The minimum Gasteiger partial charge on any atom is -0.473 e. The van der Waals surface area contributed by atoms with Gasteiger partial charge in [0.15, 0.2) is 5.03 Å². The summed E-state index contributed by atoms with van der Waals surface area (Å²) in [7, 11) is -4.09. The first-order chi connectivity index (χ1) is 15.7. The number of primary amides is 1. The monoisotopic (exact) mass is 589 g/mol. The molecule has 1 saturated heterocycles. The standard InChI is InChI=1S/C20H18F2IN5O4S/c21-11-3-15(28-14-2-1-12(23)5-13(14)22)18(19(24)29)16(4-11)32-20(10-6-25-7-10)33(30,31)17-8-26-9-27-17/h1-5,8-10,20,25,28H,6-7H2,(H2,24,29)(H,26,27). The third-order valence-electron chi connectivity index (χ3n) is 5.04. The van der Waals surface area contributed by atoms with E-state index in [1.54, 1.807) is 6.07 Å². The van der Waals surface area contributed by atoms with Crippen LogP contribution in [0.15, 0.2) is 47.9 Å². The largest absolute Gasteiger partial charge is 0.473 e. The Morgan fingerprint density at radius 1 is 1.24 bits per heavy atom. The number of ether oxygens (including phenoxy) is 1. The quantitative estimate of drug-likeness (QED) is 0.296. The van der Waals surface area contributed by atoms with Gasteiger partial charge in [-0.25, -0.2) is 22.2 Å². The maximum atomic E-state index is 14.5. The summed E-state index contributed by atoms with van der Waals surface area (Å²) in [6.07, 6.45) is 2.34. The van der Waals surface area contributed by atoms with E-state index < -0.39 is 38.7 Å². The van der Waals surface area contributed by atoms with Gasteiger partial charge in [0.2, 0.25) is 15.3 Å². The van der Waals surface area contributed by atoms with E-state index in [4.69, 9.17) is 10.5 Å². The molecule has 1 unspecified atom stereocenters. The van der Waals surface area contributed by atoms with Gasteiger partial charge in [-0.3, -0.25) is 4.79 Å². The number of anilines is 2. The fourth-order valence-electron chi connectivity index (χ4n) is 3.33. The van der Waals surface area contributed by atoms with Crippen LogP contribution in [0.1, 0.15) is 10.4 Å². The smallest absolute Gasteiger partial charge is 0.254 e. The molecule has 0 aliphatic carbocycles. The lowest BCUT2D eigenvalue weighted by molar-refractivity contribution is 0.0991. The maximum Gasteiger partial charge on any atom is 0.254 e. The second kappa shape index (κ2) is 9.23. The van der Waals surface area contributed by atoms with Gasteiger partial charge >= 0.3 is 0 Å². The summed E-state index contributed by atoms with van der Waals surface area (Å²) in [6, 6.07) is 6.10. The van der Waals surface area contributed by atoms with Crippen molar-refractivity contribution >= 4 is 49.7 Å². The molecule has 3 aromatic rings. The Kier molecular flexibility index (Phi) is 6.54. The van der Waals surface area contributed by atoms with E-state index in [0.717, 1.165) is 18.3 Å². The number of benzene rings is 2. The Bertz CT molecular complexity index is 1300. The zero-order chi connectivity index (χ0) is 23.8. The van der Waals surface area contributed by atoms with Crippen LogP contribution < -0.4 is 21.1 Å². The molecule has 1 aliphatic rings. The van der Waals surface area contributed by atoms with Gasteiger partial charge in [-0.05, 0) is 46.9 Å². The fraction of sp³-hybridized carbons (Fsp3) is 0.200. The molecule has 1 amide bonds. The van der Waals surface area contributed by atoms with Crippen LogP contribution >= 0.6 is 22.6 Å². The number of hydrogen-bond donors (Lipinski definition) is 4. The molecule has 0 spiro atoms. The first-order valence-corrected chi connectivity index (χ1v) is 12.2. The van der Waals surface area contributed by atoms with E-state index in [0.29, 0.717) is 16.7 Å². The van der Waals surface area contributed by atoms with Gasteiger partial charge in [-0.1, -0.05) is 0 Å². The highest BCUT2D eigenvalue weighted by molar-refractivity contribution is 14.1. The van der Waals surface area contributed by atoms with Crippen molar-refractivity contribution in [1.29, 1.82) is 0 Å². The van der Waals surface area contributed by atoms with Gasteiger partial charge in [0, 0.05) is 28.6 Å². The lowest BCUT2D eigenvalue weighted by atomic mass is 10.0. The SMILES string of the molecule is NC(=O)c1c(Nc2ccc(I)cc2F)cc(F)cc1OC(C1CNC1)S(=O)(=O)c1cnc[nH]1. The minimum atomic E-state index is -4.09. The number of nitrogens with two attached hydrogens (primary N) is 1. The number of nitrogens with zero attached hydrogens (tertiary/aromatic N) is 1. The number of carbonyl (C=O) groups is 1. The molecular weight excluding hydrogens is 571 g/mol. The molecular formula is C20H18F2IN5O4S.